The molecule has 0 amide bonds. The molecule has 0 unspecified atom stereocenters. The number of ether oxygens (including phenoxy) is 1. The molecule has 0 aliphatic heterocycles. The minimum absolute atomic E-state index is 0.213. The molecule has 0 spiro atoms. The van der Waals surface area contributed by atoms with E-state index in [1.807, 2.05) is 41.3 Å². The van der Waals surface area contributed by atoms with Crippen molar-refractivity contribution in [2.45, 2.75) is 12.8 Å². The molecule has 1 heterocycles. The topological polar surface area (TPSA) is 47.3 Å². The molecular weight excluding hydrogens is 216 g/mol. The monoisotopic (exact) mass is 232 g/mol. The van der Waals surface area contributed by atoms with Crippen LogP contribution in [0.4, 0.5) is 0 Å². The van der Waals surface area contributed by atoms with Crippen LogP contribution in [0.3, 0.4) is 0 Å². The first-order valence-electron chi connectivity index (χ1n) is 5.62. The third kappa shape index (κ3) is 2.85. The quantitative estimate of drug-likeness (QED) is 0.855. The molecule has 0 saturated heterocycles. The van der Waals surface area contributed by atoms with Crippen LogP contribution >= 0.6 is 0 Å². The van der Waals surface area contributed by atoms with Crippen molar-refractivity contribution in [1.82, 2.24) is 9.78 Å². The van der Waals surface area contributed by atoms with Gasteiger partial charge < -0.3 is 9.84 Å². The van der Waals surface area contributed by atoms with Gasteiger partial charge in [0.05, 0.1) is 19.0 Å². The molecule has 0 radical (unpaired) electrons. The van der Waals surface area contributed by atoms with Crippen molar-refractivity contribution in [1.29, 1.82) is 0 Å². The van der Waals surface area contributed by atoms with Gasteiger partial charge >= 0.3 is 0 Å². The van der Waals surface area contributed by atoms with Crippen LogP contribution < -0.4 is 4.74 Å². The lowest BCUT2D eigenvalue weighted by Gasteiger charge is -2.03. The number of aryl methyl sites for hydroxylation is 1. The average Bonchev–Trinajstić information content (AvgIpc) is 2.85. The Bertz CT molecular complexity index is 480. The highest BCUT2D eigenvalue weighted by Gasteiger charge is 2.02. The molecule has 0 saturated carbocycles. The number of aromatic nitrogens is 2. The number of rotatable bonds is 5. The van der Waals surface area contributed by atoms with E-state index in [0.717, 1.165) is 29.8 Å². The number of hydrogen-bond acceptors (Lipinski definition) is 3. The van der Waals surface area contributed by atoms with Crippen molar-refractivity contribution in [3.63, 3.8) is 0 Å². The van der Waals surface area contributed by atoms with Gasteiger partial charge in [-0.3, -0.25) is 0 Å². The van der Waals surface area contributed by atoms with Gasteiger partial charge in [-0.05, 0) is 30.5 Å². The SMILES string of the molecule is COc1cccc(-n2cc(CCCO)cn2)c1. The predicted octanol–water partition coefficient (Wildman–Crippen LogP) is 1.81. The fourth-order valence-corrected chi connectivity index (χ4v) is 1.67. The van der Waals surface area contributed by atoms with Gasteiger partial charge in [-0.15, -0.1) is 0 Å². The zero-order valence-corrected chi connectivity index (χ0v) is 9.84. The van der Waals surface area contributed by atoms with E-state index in [0.29, 0.717) is 0 Å². The molecule has 0 atom stereocenters. The number of methoxy groups -OCH3 is 1. The first-order valence-corrected chi connectivity index (χ1v) is 5.62. The third-order valence-corrected chi connectivity index (χ3v) is 2.58. The summed E-state index contributed by atoms with van der Waals surface area (Å²) in [5.74, 6) is 0.815. The largest absolute Gasteiger partial charge is 0.497 e. The van der Waals surface area contributed by atoms with Crippen molar-refractivity contribution < 1.29 is 9.84 Å². The summed E-state index contributed by atoms with van der Waals surface area (Å²) >= 11 is 0. The second kappa shape index (κ2) is 5.50. The van der Waals surface area contributed by atoms with E-state index in [2.05, 4.69) is 5.10 Å². The Morgan fingerprint density at radius 1 is 1.41 bits per heavy atom. The maximum absolute atomic E-state index is 8.78. The summed E-state index contributed by atoms with van der Waals surface area (Å²) in [6, 6.07) is 7.75. The normalized spacial score (nSPS) is 10.5. The second-order valence-corrected chi connectivity index (χ2v) is 3.82. The molecule has 2 rings (SSSR count). The molecule has 0 aliphatic rings. The zero-order chi connectivity index (χ0) is 12.1. The van der Waals surface area contributed by atoms with Crippen LogP contribution in [0, 0.1) is 0 Å². The van der Waals surface area contributed by atoms with Crippen LogP contribution in [0.2, 0.25) is 0 Å². The summed E-state index contributed by atoms with van der Waals surface area (Å²) < 4.78 is 6.99. The van der Waals surface area contributed by atoms with E-state index in [9.17, 15) is 0 Å². The third-order valence-electron chi connectivity index (χ3n) is 2.58. The van der Waals surface area contributed by atoms with E-state index >= 15 is 0 Å². The summed E-state index contributed by atoms with van der Waals surface area (Å²) in [6.07, 6.45) is 5.42. The standard InChI is InChI=1S/C13H16N2O2/c1-17-13-6-2-5-12(8-13)15-10-11(9-14-15)4-3-7-16/h2,5-6,8-10,16H,3-4,7H2,1H3. The van der Waals surface area contributed by atoms with Crippen LogP contribution in [-0.4, -0.2) is 28.6 Å². The van der Waals surface area contributed by atoms with Crippen molar-refractivity contribution in [2.75, 3.05) is 13.7 Å². The molecule has 0 bridgehead atoms. The summed E-state index contributed by atoms with van der Waals surface area (Å²) in [6.45, 7) is 0.213. The summed E-state index contributed by atoms with van der Waals surface area (Å²) in [7, 11) is 1.65. The van der Waals surface area contributed by atoms with Crippen LogP contribution in [0.5, 0.6) is 5.75 Å². The minimum Gasteiger partial charge on any atom is -0.497 e. The lowest BCUT2D eigenvalue weighted by Crippen LogP contribution is -1.94. The lowest BCUT2D eigenvalue weighted by atomic mass is 10.2. The molecule has 4 nitrogen and oxygen atoms in total. The van der Waals surface area contributed by atoms with E-state index in [1.54, 1.807) is 7.11 Å². The van der Waals surface area contributed by atoms with Gasteiger partial charge in [0.2, 0.25) is 0 Å². The summed E-state index contributed by atoms with van der Waals surface area (Å²) in [5.41, 5.74) is 2.10. The lowest BCUT2D eigenvalue weighted by molar-refractivity contribution is 0.288. The molecule has 17 heavy (non-hydrogen) atoms. The molecule has 90 valence electrons. The van der Waals surface area contributed by atoms with E-state index < -0.39 is 0 Å². The Kier molecular flexibility index (Phi) is 3.77. The first-order chi connectivity index (χ1) is 8.33. The fourth-order valence-electron chi connectivity index (χ4n) is 1.67. The van der Waals surface area contributed by atoms with Crippen LogP contribution in [-0.2, 0) is 6.42 Å². The number of benzene rings is 1. The van der Waals surface area contributed by atoms with Gasteiger partial charge in [0.25, 0.3) is 0 Å². The molecular formula is C13H16N2O2. The highest BCUT2D eigenvalue weighted by atomic mass is 16.5. The summed E-state index contributed by atoms with van der Waals surface area (Å²) in [5, 5.41) is 13.1. The Balaban J connectivity index is 2.18. The number of aliphatic hydroxyl groups is 1. The minimum atomic E-state index is 0.213. The molecule has 4 heteroatoms. The molecule has 2 aromatic rings. The van der Waals surface area contributed by atoms with Gasteiger partial charge in [-0.25, -0.2) is 4.68 Å². The summed E-state index contributed by atoms with van der Waals surface area (Å²) in [4.78, 5) is 0. The first kappa shape index (κ1) is 11.7. The second-order valence-electron chi connectivity index (χ2n) is 3.82. The van der Waals surface area contributed by atoms with E-state index in [4.69, 9.17) is 9.84 Å². The van der Waals surface area contributed by atoms with Crippen molar-refractivity contribution in [3.8, 4) is 11.4 Å². The average molecular weight is 232 g/mol. The van der Waals surface area contributed by atoms with Crippen molar-refractivity contribution in [2.24, 2.45) is 0 Å². The highest BCUT2D eigenvalue weighted by molar-refractivity contribution is 5.38. The van der Waals surface area contributed by atoms with Crippen LogP contribution in [0.25, 0.3) is 5.69 Å². The Morgan fingerprint density at radius 3 is 3.06 bits per heavy atom. The molecule has 1 aromatic carbocycles. The highest BCUT2D eigenvalue weighted by Crippen LogP contribution is 2.16. The van der Waals surface area contributed by atoms with Gasteiger partial charge in [0.1, 0.15) is 5.75 Å². The van der Waals surface area contributed by atoms with Gasteiger partial charge in [-0.1, -0.05) is 6.07 Å². The zero-order valence-electron chi connectivity index (χ0n) is 9.84. The van der Waals surface area contributed by atoms with Crippen LogP contribution in [0.15, 0.2) is 36.7 Å². The predicted molar refractivity (Wildman–Crippen MR) is 65.5 cm³/mol. The number of nitrogens with zero attached hydrogens (tertiary/aromatic N) is 2. The maximum atomic E-state index is 8.78. The number of hydrogen-bond donors (Lipinski definition) is 1. The van der Waals surface area contributed by atoms with Crippen LogP contribution in [0.1, 0.15) is 12.0 Å². The molecule has 0 fully saturated rings. The van der Waals surface area contributed by atoms with E-state index in [1.165, 1.54) is 0 Å². The maximum Gasteiger partial charge on any atom is 0.121 e. The Morgan fingerprint density at radius 2 is 2.29 bits per heavy atom. The van der Waals surface area contributed by atoms with Gasteiger partial charge in [0, 0.05) is 18.9 Å². The van der Waals surface area contributed by atoms with Crippen molar-refractivity contribution in [3.05, 3.63) is 42.2 Å². The Labute approximate surface area is 100 Å². The van der Waals surface area contributed by atoms with E-state index in [-0.39, 0.29) is 6.61 Å². The molecule has 1 N–H and O–H groups in total. The smallest absolute Gasteiger partial charge is 0.121 e. The molecule has 0 aliphatic carbocycles. The fraction of sp³-hybridized carbons (Fsp3) is 0.308. The van der Waals surface area contributed by atoms with Gasteiger partial charge in [-0.2, -0.15) is 5.10 Å². The van der Waals surface area contributed by atoms with Crippen molar-refractivity contribution >= 4 is 0 Å². The number of aliphatic hydroxyl groups excluding tert-OH is 1. The Hall–Kier alpha value is -1.81. The molecule has 1 aromatic heterocycles. The van der Waals surface area contributed by atoms with Gasteiger partial charge in [0.15, 0.2) is 0 Å².